The van der Waals surface area contributed by atoms with Gasteiger partial charge >= 0.3 is 0 Å². The second kappa shape index (κ2) is 5.88. The number of hydrogen-bond donors (Lipinski definition) is 1. The van der Waals surface area contributed by atoms with Crippen LogP contribution in [0.1, 0.15) is 24.8 Å². The normalized spacial score (nSPS) is 18.9. The Bertz CT molecular complexity index is 761. The van der Waals surface area contributed by atoms with Crippen molar-refractivity contribution in [2.45, 2.75) is 19.3 Å². The van der Waals surface area contributed by atoms with Crippen LogP contribution in [0.15, 0.2) is 53.6 Å². The van der Waals surface area contributed by atoms with Gasteiger partial charge in [-0.05, 0) is 42.5 Å². The van der Waals surface area contributed by atoms with Crippen molar-refractivity contribution in [2.75, 3.05) is 18.4 Å². The Labute approximate surface area is 135 Å². The quantitative estimate of drug-likeness (QED) is 0.923. The lowest BCUT2D eigenvalue weighted by Gasteiger charge is -2.23. The van der Waals surface area contributed by atoms with Crippen LogP contribution in [0.4, 0.5) is 5.69 Å². The van der Waals surface area contributed by atoms with Crippen LogP contribution in [-0.4, -0.2) is 29.7 Å². The highest BCUT2D eigenvalue weighted by Crippen LogP contribution is 2.29. The van der Waals surface area contributed by atoms with Gasteiger partial charge in [-0.15, -0.1) is 0 Å². The van der Waals surface area contributed by atoms with E-state index in [4.69, 9.17) is 0 Å². The highest BCUT2D eigenvalue weighted by molar-refractivity contribution is 6.53. The molecule has 2 aliphatic heterocycles. The van der Waals surface area contributed by atoms with Gasteiger partial charge in [0.25, 0.3) is 5.91 Å². The lowest BCUT2D eigenvalue weighted by Crippen LogP contribution is -2.28. The Kier molecular flexibility index (Phi) is 3.58. The molecule has 0 spiro atoms. The maximum Gasteiger partial charge on any atom is 0.276 e. The summed E-state index contributed by atoms with van der Waals surface area (Å²) < 4.78 is 0. The largest absolute Gasteiger partial charge is 0.320 e. The van der Waals surface area contributed by atoms with Gasteiger partial charge in [0.2, 0.25) is 0 Å². The summed E-state index contributed by atoms with van der Waals surface area (Å²) in [4.78, 5) is 12.3. The lowest BCUT2D eigenvalue weighted by molar-refractivity contribution is -0.110. The number of hydrazone groups is 1. The molecule has 0 bridgehead atoms. The number of amides is 1. The third-order valence-electron chi connectivity index (χ3n) is 4.42. The minimum atomic E-state index is -0.101. The zero-order chi connectivity index (χ0) is 15.6. The molecule has 4 heteroatoms. The standard InChI is InChI=1S/C19H19N3O/c23-19-18(21-22-11-5-2-6-12-22)16-13-15(9-10-17(16)20-19)14-7-3-1-4-8-14/h1,3-4,7-10,13H,2,5-6,11-12H2,(H,20,21,23). The first kappa shape index (κ1) is 14.0. The van der Waals surface area contributed by atoms with Crippen LogP contribution in [0.3, 0.4) is 0 Å². The molecule has 1 amide bonds. The molecular formula is C19H19N3O. The summed E-state index contributed by atoms with van der Waals surface area (Å²) in [7, 11) is 0. The average molecular weight is 305 g/mol. The molecule has 2 aromatic carbocycles. The Hall–Kier alpha value is -2.62. The number of carbonyl (C=O) groups is 1. The second-order valence-corrected chi connectivity index (χ2v) is 6.04. The van der Waals surface area contributed by atoms with Crippen molar-refractivity contribution in [1.82, 2.24) is 5.01 Å². The molecule has 1 saturated heterocycles. The van der Waals surface area contributed by atoms with Gasteiger partial charge in [-0.25, -0.2) is 0 Å². The summed E-state index contributed by atoms with van der Waals surface area (Å²) in [5.41, 5.74) is 4.55. The van der Waals surface area contributed by atoms with Crippen molar-refractivity contribution >= 4 is 17.3 Å². The van der Waals surface area contributed by atoms with Crippen LogP contribution in [0.25, 0.3) is 11.1 Å². The molecule has 0 saturated carbocycles. The van der Waals surface area contributed by atoms with Crippen molar-refractivity contribution in [3.05, 3.63) is 54.1 Å². The van der Waals surface area contributed by atoms with Crippen LogP contribution in [0, 0.1) is 0 Å². The molecule has 2 aliphatic rings. The molecule has 1 fully saturated rings. The van der Waals surface area contributed by atoms with Gasteiger partial charge < -0.3 is 5.32 Å². The Balaban J connectivity index is 1.72. The minimum absolute atomic E-state index is 0.101. The van der Waals surface area contributed by atoms with Crippen molar-refractivity contribution in [3.63, 3.8) is 0 Å². The summed E-state index contributed by atoms with van der Waals surface area (Å²) in [6, 6.07) is 16.3. The number of nitrogens with zero attached hydrogens (tertiary/aromatic N) is 2. The summed E-state index contributed by atoms with van der Waals surface area (Å²) in [6.07, 6.45) is 3.55. The SMILES string of the molecule is O=C1Nc2ccc(-c3ccccc3)cc2C1=NN1CCCCC1. The van der Waals surface area contributed by atoms with Gasteiger partial charge in [-0.1, -0.05) is 36.4 Å². The molecule has 2 aromatic rings. The molecule has 2 heterocycles. The molecule has 0 atom stereocenters. The van der Waals surface area contributed by atoms with E-state index in [1.54, 1.807) is 0 Å². The molecule has 4 rings (SSSR count). The number of benzene rings is 2. The van der Waals surface area contributed by atoms with Gasteiger partial charge in [-0.2, -0.15) is 5.10 Å². The summed E-state index contributed by atoms with van der Waals surface area (Å²) in [5.74, 6) is -0.101. The van der Waals surface area contributed by atoms with Crippen LogP contribution >= 0.6 is 0 Å². The molecular weight excluding hydrogens is 286 g/mol. The number of fused-ring (bicyclic) bond motifs is 1. The first-order chi connectivity index (χ1) is 11.3. The number of nitrogens with one attached hydrogen (secondary N) is 1. The second-order valence-electron chi connectivity index (χ2n) is 6.04. The van der Waals surface area contributed by atoms with E-state index in [9.17, 15) is 4.79 Å². The molecule has 0 unspecified atom stereocenters. The van der Waals surface area contributed by atoms with Crippen LogP contribution in [0.5, 0.6) is 0 Å². The van der Waals surface area contributed by atoms with E-state index in [1.807, 2.05) is 35.3 Å². The van der Waals surface area contributed by atoms with Crippen molar-refractivity contribution in [1.29, 1.82) is 0 Å². The molecule has 0 aliphatic carbocycles. The monoisotopic (exact) mass is 305 g/mol. The van der Waals surface area contributed by atoms with Crippen LogP contribution in [-0.2, 0) is 4.79 Å². The Morgan fingerprint density at radius 1 is 0.913 bits per heavy atom. The molecule has 1 N–H and O–H groups in total. The highest BCUT2D eigenvalue weighted by atomic mass is 16.2. The van der Waals surface area contributed by atoms with E-state index in [2.05, 4.69) is 28.6 Å². The number of piperidine rings is 1. The fraction of sp³-hybridized carbons (Fsp3) is 0.263. The third kappa shape index (κ3) is 2.72. The van der Waals surface area contributed by atoms with Gasteiger partial charge in [0, 0.05) is 18.7 Å². The summed E-state index contributed by atoms with van der Waals surface area (Å²) >= 11 is 0. The van der Waals surface area contributed by atoms with Crippen molar-refractivity contribution < 1.29 is 4.79 Å². The zero-order valence-corrected chi connectivity index (χ0v) is 13.0. The van der Waals surface area contributed by atoms with Crippen molar-refractivity contribution in [3.8, 4) is 11.1 Å². The number of rotatable bonds is 2. The maximum absolute atomic E-state index is 12.3. The number of anilines is 1. The number of hydrogen-bond acceptors (Lipinski definition) is 3. The zero-order valence-electron chi connectivity index (χ0n) is 13.0. The molecule has 0 radical (unpaired) electrons. The van der Waals surface area contributed by atoms with E-state index in [1.165, 1.54) is 6.42 Å². The van der Waals surface area contributed by atoms with Gasteiger partial charge in [0.15, 0.2) is 5.71 Å². The fourth-order valence-corrected chi connectivity index (χ4v) is 3.18. The van der Waals surface area contributed by atoms with Crippen LogP contribution < -0.4 is 5.32 Å². The first-order valence-electron chi connectivity index (χ1n) is 8.16. The summed E-state index contributed by atoms with van der Waals surface area (Å²) in [5, 5.41) is 9.58. The highest BCUT2D eigenvalue weighted by Gasteiger charge is 2.27. The predicted molar refractivity (Wildman–Crippen MR) is 92.5 cm³/mol. The third-order valence-corrected chi connectivity index (χ3v) is 4.42. The molecule has 23 heavy (non-hydrogen) atoms. The van der Waals surface area contributed by atoms with E-state index in [0.717, 1.165) is 48.3 Å². The Morgan fingerprint density at radius 3 is 2.48 bits per heavy atom. The Morgan fingerprint density at radius 2 is 1.70 bits per heavy atom. The van der Waals surface area contributed by atoms with Gasteiger partial charge in [0.1, 0.15) is 0 Å². The van der Waals surface area contributed by atoms with E-state index < -0.39 is 0 Å². The first-order valence-corrected chi connectivity index (χ1v) is 8.16. The van der Waals surface area contributed by atoms with E-state index >= 15 is 0 Å². The van der Waals surface area contributed by atoms with Gasteiger partial charge in [-0.3, -0.25) is 9.80 Å². The van der Waals surface area contributed by atoms with Gasteiger partial charge in [0.05, 0.1) is 5.69 Å². The lowest BCUT2D eigenvalue weighted by atomic mass is 10.0. The number of carbonyl (C=O) groups excluding carboxylic acids is 1. The van der Waals surface area contributed by atoms with Crippen molar-refractivity contribution in [2.24, 2.45) is 5.10 Å². The smallest absolute Gasteiger partial charge is 0.276 e. The average Bonchev–Trinajstić information content (AvgIpc) is 2.92. The van der Waals surface area contributed by atoms with E-state index in [0.29, 0.717) is 5.71 Å². The van der Waals surface area contributed by atoms with Crippen LogP contribution in [0.2, 0.25) is 0 Å². The molecule has 0 aromatic heterocycles. The topological polar surface area (TPSA) is 44.7 Å². The molecule has 116 valence electrons. The van der Waals surface area contributed by atoms with E-state index in [-0.39, 0.29) is 5.91 Å². The molecule has 4 nitrogen and oxygen atoms in total. The minimum Gasteiger partial charge on any atom is -0.320 e. The maximum atomic E-state index is 12.3. The predicted octanol–water partition coefficient (Wildman–Crippen LogP) is 3.50. The summed E-state index contributed by atoms with van der Waals surface area (Å²) in [6.45, 7) is 1.87. The fourth-order valence-electron chi connectivity index (χ4n) is 3.18.